The number of primary amides is 1. The van der Waals surface area contributed by atoms with E-state index in [2.05, 4.69) is 0 Å². The molecule has 7 nitrogen and oxygen atoms in total. The fourth-order valence-electron chi connectivity index (χ4n) is 1.63. The second kappa shape index (κ2) is 6.58. The van der Waals surface area contributed by atoms with Gasteiger partial charge in [-0.1, -0.05) is 0 Å². The molecule has 0 fully saturated rings. The second-order valence-electron chi connectivity index (χ2n) is 4.50. The van der Waals surface area contributed by atoms with Crippen LogP contribution in [0.4, 0.5) is 10.7 Å². The number of carbonyl (C=O) groups is 2. The van der Waals surface area contributed by atoms with E-state index >= 15 is 0 Å². The van der Waals surface area contributed by atoms with Crippen LogP contribution in [-0.4, -0.2) is 58.1 Å². The van der Waals surface area contributed by atoms with Crippen molar-refractivity contribution in [2.75, 3.05) is 52.0 Å². The SMILES string of the molecule is COCCN(C)c1sc(C(=O)N(C)C)c(N)c1C(N)=O. The van der Waals surface area contributed by atoms with Gasteiger partial charge in [0.05, 0.1) is 17.9 Å². The molecule has 0 radical (unpaired) electrons. The van der Waals surface area contributed by atoms with Crippen molar-refractivity contribution in [1.29, 1.82) is 0 Å². The van der Waals surface area contributed by atoms with Crippen molar-refractivity contribution in [2.24, 2.45) is 5.73 Å². The Balaban J connectivity index is 3.26. The predicted octanol–water partition coefficient (Wildman–Crippen LogP) is 0.214. The fraction of sp³-hybridized carbons (Fsp3) is 0.500. The molecule has 20 heavy (non-hydrogen) atoms. The van der Waals surface area contributed by atoms with Gasteiger partial charge in [0.1, 0.15) is 9.88 Å². The molecule has 0 aromatic carbocycles. The van der Waals surface area contributed by atoms with Crippen molar-refractivity contribution >= 4 is 33.8 Å². The quantitative estimate of drug-likeness (QED) is 0.782. The number of nitrogen functional groups attached to an aromatic ring is 1. The van der Waals surface area contributed by atoms with Crippen molar-refractivity contribution < 1.29 is 14.3 Å². The fourth-order valence-corrected chi connectivity index (χ4v) is 2.87. The first-order chi connectivity index (χ1) is 9.31. The Labute approximate surface area is 122 Å². The lowest BCUT2D eigenvalue weighted by Gasteiger charge is -2.17. The summed E-state index contributed by atoms with van der Waals surface area (Å²) in [6, 6.07) is 0. The van der Waals surface area contributed by atoms with Gasteiger partial charge in [-0.2, -0.15) is 0 Å². The predicted molar refractivity (Wildman–Crippen MR) is 80.4 cm³/mol. The van der Waals surface area contributed by atoms with Gasteiger partial charge >= 0.3 is 0 Å². The van der Waals surface area contributed by atoms with Crippen molar-refractivity contribution in [3.05, 3.63) is 10.4 Å². The number of likely N-dealkylation sites (N-methyl/N-ethyl adjacent to an activating group) is 1. The topological polar surface area (TPSA) is 102 Å². The first-order valence-electron chi connectivity index (χ1n) is 5.95. The summed E-state index contributed by atoms with van der Waals surface area (Å²) in [5.74, 6) is -0.891. The molecule has 4 N–H and O–H groups in total. The molecule has 0 saturated heterocycles. The molecule has 1 heterocycles. The molecule has 0 bridgehead atoms. The van der Waals surface area contributed by atoms with Gasteiger partial charge in [-0.25, -0.2) is 0 Å². The number of carbonyl (C=O) groups excluding carboxylic acids is 2. The lowest BCUT2D eigenvalue weighted by Crippen LogP contribution is -2.24. The van der Waals surface area contributed by atoms with E-state index in [1.165, 1.54) is 4.90 Å². The maximum Gasteiger partial charge on any atom is 0.265 e. The number of methoxy groups -OCH3 is 1. The minimum Gasteiger partial charge on any atom is -0.397 e. The van der Waals surface area contributed by atoms with Gasteiger partial charge < -0.3 is 26.0 Å². The van der Waals surface area contributed by atoms with Gasteiger partial charge in [0, 0.05) is 34.8 Å². The Morgan fingerprint density at radius 3 is 2.35 bits per heavy atom. The first-order valence-corrected chi connectivity index (χ1v) is 6.76. The molecule has 0 unspecified atom stereocenters. The Morgan fingerprint density at radius 2 is 1.90 bits per heavy atom. The molecule has 0 saturated carbocycles. The van der Waals surface area contributed by atoms with E-state index in [1.807, 2.05) is 0 Å². The van der Waals surface area contributed by atoms with Crippen molar-refractivity contribution in [2.45, 2.75) is 0 Å². The first kappa shape index (κ1) is 16.3. The van der Waals surface area contributed by atoms with Crippen molar-refractivity contribution in [3.63, 3.8) is 0 Å². The van der Waals surface area contributed by atoms with Gasteiger partial charge in [-0.05, 0) is 0 Å². The number of thiophene rings is 1. The van der Waals surface area contributed by atoms with Crippen LogP contribution in [0.1, 0.15) is 20.0 Å². The van der Waals surface area contributed by atoms with E-state index in [-0.39, 0.29) is 17.2 Å². The summed E-state index contributed by atoms with van der Waals surface area (Å²) in [6.07, 6.45) is 0. The maximum atomic E-state index is 12.1. The zero-order chi connectivity index (χ0) is 15.4. The standard InChI is InChI=1S/C12H20N4O3S/c1-15(2)11(18)9-8(13)7(10(14)17)12(20-9)16(3)5-6-19-4/h5-6,13H2,1-4H3,(H2,14,17). The summed E-state index contributed by atoms with van der Waals surface area (Å²) < 4.78 is 5.00. The summed E-state index contributed by atoms with van der Waals surface area (Å²) >= 11 is 1.16. The number of ether oxygens (including phenoxy) is 1. The number of rotatable bonds is 6. The van der Waals surface area contributed by atoms with Crippen LogP contribution in [0, 0.1) is 0 Å². The van der Waals surface area contributed by atoms with Crippen molar-refractivity contribution in [1.82, 2.24) is 4.90 Å². The van der Waals surface area contributed by atoms with Crippen LogP contribution in [-0.2, 0) is 4.74 Å². The minimum atomic E-state index is -0.643. The van der Waals surface area contributed by atoms with Crippen LogP contribution >= 0.6 is 11.3 Å². The Bertz CT molecular complexity index is 513. The van der Waals surface area contributed by atoms with Gasteiger partial charge in [0.2, 0.25) is 0 Å². The molecular weight excluding hydrogens is 280 g/mol. The number of hydrogen-bond acceptors (Lipinski definition) is 6. The lowest BCUT2D eigenvalue weighted by atomic mass is 10.2. The number of anilines is 2. The molecule has 0 aliphatic carbocycles. The Kier molecular flexibility index (Phi) is 5.34. The van der Waals surface area contributed by atoms with E-state index in [0.29, 0.717) is 23.0 Å². The van der Waals surface area contributed by atoms with E-state index in [0.717, 1.165) is 11.3 Å². The number of amides is 2. The third kappa shape index (κ3) is 3.20. The van der Waals surface area contributed by atoms with E-state index in [1.54, 1.807) is 33.2 Å². The smallest absolute Gasteiger partial charge is 0.265 e. The maximum absolute atomic E-state index is 12.1. The molecule has 0 aliphatic rings. The van der Waals surface area contributed by atoms with E-state index in [4.69, 9.17) is 16.2 Å². The third-order valence-corrected chi connectivity index (χ3v) is 4.06. The molecule has 112 valence electrons. The molecule has 0 atom stereocenters. The number of hydrogen-bond donors (Lipinski definition) is 2. The summed E-state index contributed by atoms with van der Waals surface area (Å²) in [5.41, 5.74) is 11.6. The largest absolute Gasteiger partial charge is 0.397 e. The van der Waals surface area contributed by atoms with E-state index in [9.17, 15) is 9.59 Å². The molecular formula is C12H20N4O3S. The molecule has 2 amide bonds. The van der Waals surface area contributed by atoms with Crippen LogP contribution in [0.3, 0.4) is 0 Å². The molecule has 0 spiro atoms. The highest BCUT2D eigenvalue weighted by Crippen LogP contribution is 2.38. The highest BCUT2D eigenvalue weighted by Gasteiger charge is 2.26. The third-order valence-electron chi connectivity index (χ3n) is 2.75. The summed E-state index contributed by atoms with van der Waals surface area (Å²) in [5, 5.41) is 0.581. The summed E-state index contributed by atoms with van der Waals surface area (Å²) in [6.45, 7) is 1.05. The van der Waals surface area contributed by atoms with Crippen LogP contribution in [0.25, 0.3) is 0 Å². The van der Waals surface area contributed by atoms with Crippen LogP contribution < -0.4 is 16.4 Å². The monoisotopic (exact) mass is 300 g/mol. The van der Waals surface area contributed by atoms with Gasteiger partial charge in [0.15, 0.2) is 0 Å². The molecule has 1 rings (SSSR count). The molecule has 8 heteroatoms. The Hall–Kier alpha value is -1.80. The summed E-state index contributed by atoms with van der Waals surface area (Å²) in [7, 11) is 6.63. The second-order valence-corrected chi connectivity index (χ2v) is 5.50. The van der Waals surface area contributed by atoms with Crippen LogP contribution in [0.2, 0.25) is 0 Å². The highest BCUT2D eigenvalue weighted by molar-refractivity contribution is 7.19. The average Bonchev–Trinajstić information content (AvgIpc) is 2.72. The summed E-state index contributed by atoms with van der Waals surface area (Å²) in [4.78, 5) is 27.2. The highest BCUT2D eigenvalue weighted by atomic mass is 32.1. The van der Waals surface area contributed by atoms with Crippen LogP contribution in [0.5, 0.6) is 0 Å². The zero-order valence-electron chi connectivity index (χ0n) is 12.1. The number of nitrogens with two attached hydrogens (primary N) is 2. The normalized spacial score (nSPS) is 10.4. The zero-order valence-corrected chi connectivity index (χ0v) is 12.9. The van der Waals surface area contributed by atoms with Crippen LogP contribution in [0.15, 0.2) is 0 Å². The molecule has 0 aliphatic heterocycles. The lowest BCUT2D eigenvalue weighted by molar-refractivity contribution is 0.0833. The van der Waals surface area contributed by atoms with E-state index < -0.39 is 5.91 Å². The number of nitrogens with zero attached hydrogens (tertiary/aromatic N) is 2. The van der Waals surface area contributed by atoms with Gasteiger partial charge in [0.25, 0.3) is 11.8 Å². The molecule has 1 aromatic rings. The van der Waals surface area contributed by atoms with Gasteiger partial charge in [-0.3, -0.25) is 9.59 Å². The van der Waals surface area contributed by atoms with Crippen molar-refractivity contribution in [3.8, 4) is 0 Å². The van der Waals surface area contributed by atoms with Gasteiger partial charge in [-0.15, -0.1) is 11.3 Å². The minimum absolute atomic E-state index is 0.139. The average molecular weight is 300 g/mol. The molecule has 1 aromatic heterocycles. The Morgan fingerprint density at radius 1 is 1.30 bits per heavy atom.